The highest BCUT2D eigenvalue weighted by Crippen LogP contribution is 2.59. The number of aliphatic hydroxyl groups excluding tert-OH is 1. The van der Waals surface area contributed by atoms with Gasteiger partial charge in [-0.1, -0.05) is 37.1 Å². The van der Waals surface area contributed by atoms with Crippen molar-refractivity contribution in [2.24, 2.45) is 5.41 Å². The van der Waals surface area contributed by atoms with Gasteiger partial charge in [0.25, 0.3) is 0 Å². The Morgan fingerprint density at radius 2 is 1.87 bits per heavy atom. The standard InChI is InChI=1S/C33H45NO3S/c1-23-8-7-16-32(3)29(15-17-33(32,37)22-34-18-5-4-6-19-34)27-13-11-25(20-26(35)12-9-23)21-28(27)31(36)30-14-10-24(2)38-30/h8,10-11,13-14,21,26,29,35,37H,4-7,9,12,15-20,22H2,1-3H3/t26-,29-,32-,33+/m0/s1. The maximum atomic E-state index is 14.0. The number of hydrogen-bond donors (Lipinski definition) is 2. The smallest absolute Gasteiger partial charge is 0.203 e. The molecule has 2 fully saturated rings. The number of carbonyl (C=O) groups excluding carboxylic acids is 1. The zero-order valence-corrected chi connectivity index (χ0v) is 24.3. The molecule has 2 heterocycles. The average molecular weight is 536 g/mol. The topological polar surface area (TPSA) is 60.8 Å². The van der Waals surface area contributed by atoms with E-state index in [4.69, 9.17) is 0 Å². The van der Waals surface area contributed by atoms with Gasteiger partial charge in [-0.15, -0.1) is 11.3 Å². The first kappa shape index (κ1) is 27.8. The molecule has 5 heteroatoms. The van der Waals surface area contributed by atoms with Crippen molar-refractivity contribution in [3.05, 3.63) is 68.4 Å². The van der Waals surface area contributed by atoms with Gasteiger partial charge in [-0.25, -0.2) is 0 Å². The number of carbonyl (C=O) groups is 1. The van der Waals surface area contributed by atoms with Crippen LogP contribution in [-0.2, 0) is 6.42 Å². The van der Waals surface area contributed by atoms with E-state index in [2.05, 4.69) is 37.0 Å². The first-order chi connectivity index (χ1) is 18.2. The number of hydrogen-bond acceptors (Lipinski definition) is 5. The molecule has 206 valence electrons. The molecule has 4 nitrogen and oxygen atoms in total. The van der Waals surface area contributed by atoms with Gasteiger partial charge >= 0.3 is 0 Å². The number of likely N-dealkylation sites (tertiary alicyclic amines) is 1. The molecule has 38 heavy (non-hydrogen) atoms. The number of benzene rings is 1. The molecule has 2 bridgehead atoms. The van der Waals surface area contributed by atoms with Crippen molar-refractivity contribution in [3.8, 4) is 0 Å². The molecule has 4 atom stereocenters. The van der Waals surface area contributed by atoms with Gasteiger partial charge in [-0.05, 0) is 120 Å². The summed E-state index contributed by atoms with van der Waals surface area (Å²) in [5.74, 6) is 0.180. The van der Waals surface area contributed by atoms with Gasteiger partial charge < -0.3 is 15.1 Å². The van der Waals surface area contributed by atoms with Crippen LogP contribution in [0.1, 0.15) is 109 Å². The number of ketones is 1. The molecule has 0 unspecified atom stereocenters. The van der Waals surface area contributed by atoms with Crippen molar-refractivity contribution in [1.82, 2.24) is 4.90 Å². The van der Waals surface area contributed by atoms with Crippen LogP contribution in [0.3, 0.4) is 0 Å². The van der Waals surface area contributed by atoms with Gasteiger partial charge in [0.15, 0.2) is 0 Å². The predicted octanol–water partition coefficient (Wildman–Crippen LogP) is 6.81. The number of fused-ring (bicyclic) bond motifs is 8. The van der Waals surface area contributed by atoms with E-state index in [1.807, 2.05) is 25.1 Å². The van der Waals surface area contributed by atoms with Crippen molar-refractivity contribution in [2.45, 2.75) is 103 Å². The Morgan fingerprint density at radius 3 is 2.61 bits per heavy atom. The molecule has 1 saturated heterocycles. The van der Waals surface area contributed by atoms with E-state index in [0.717, 1.165) is 84.6 Å². The summed E-state index contributed by atoms with van der Waals surface area (Å²) < 4.78 is 0. The quantitative estimate of drug-likeness (QED) is 0.333. The van der Waals surface area contributed by atoms with Gasteiger partial charge in [-0.2, -0.15) is 0 Å². The Morgan fingerprint density at radius 1 is 1.08 bits per heavy atom. The van der Waals surface area contributed by atoms with Gasteiger partial charge in [0.1, 0.15) is 0 Å². The van der Waals surface area contributed by atoms with Crippen LogP contribution in [0, 0.1) is 12.3 Å². The van der Waals surface area contributed by atoms with Crippen LogP contribution in [0.5, 0.6) is 0 Å². The number of aryl methyl sites for hydroxylation is 1. The van der Waals surface area contributed by atoms with Crippen molar-refractivity contribution in [2.75, 3.05) is 19.6 Å². The lowest BCUT2D eigenvalue weighted by Crippen LogP contribution is -2.53. The molecule has 6 rings (SSSR count). The number of allylic oxidation sites excluding steroid dienone is 2. The Bertz CT molecular complexity index is 1180. The Hall–Kier alpha value is -1.79. The third kappa shape index (κ3) is 5.58. The highest BCUT2D eigenvalue weighted by atomic mass is 32.1. The second-order valence-electron chi connectivity index (χ2n) is 12.5. The largest absolute Gasteiger partial charge is 0.393 e. The lowest BCUT2D eigenvalue weighted by atomic mass is 9.64. The van der Waals surface area contributed by atoms with Gasteiger partial charge in [0.2, 0.25) is 5.78 Å². The minimum absolute atomic E-state index is 0.0751. The van der Waals surface area contributed by atoms with E-state index in [1.54, 1.807) is 11.3 Å². The fourth-order valence-electron chi connectivity index (χ4n) is 7.37. The zero-order valence-electron chi connectivity index (χ0n) is 23.5. The minimum atomic E-state index is -0.789. The third-order valence-electron chi connectivity index (χ3n) is 9.81. The third-order valence-corrected chi connectivity index (χ3v) is 10.8. The Balaban J connectivity index is 1.59. The normalized spacial score (nSPS) is 31.0. The van der Waals surface area contributed by atoms with Crippen molar-refractivity contribution in [1.29, 1.82) is 0 Å². The number of piperidine rings is 1. The Kier molecular flexibility index (Phi) is 8.31. The summed E-state index contributed by atoms with van der Waals surface area (Å²) in [4.78, 5) is 18.4. The van der Waals surface area contributed by atoms with Crippen molar-refractivity contribution in [3.63, 3.8) is 0 Å². The van der Waals surface area contributed by atoms with Crippen LogP contribution in [0.4, 0.5) is 0 Å². The second-order valence-corrected chi connectivity index (χ2v) is 13.8. The van der Waals surface area contributed by atoms with Gasteiger partial charge in [-0.3, -0.25) is 4.79 Å². The summed E-state index contributed by atoms with van der Waals surface area (Å²) >= 11 is 1.55. The summed E-state index contributed by atoms with van der Waals surface area (Å²) in [6, 6.07) is 10.3. The number of rotatable bonds is 4. The lowest BCUT2D eigenvalue weighted by molar-refractivity contribution is -0.0857. The van der Waals surface area contributed by atoms with Crippen LogP contribution in [0.15, 0.2) is 42.0 Å². The molecule has 0 amide bonds. The van der Waals surface area contributed by atoms with Crippen LogP contribution in [0.2, 0.25) is 0 Å². The molecule has 3 aliphatic carbocycles. The molecule has 1 saturated carbocycles. The van der Waals surface area contributed by atoms with Crippen molar-refractivity contribution < 1.29 is 15.0 Å². The van der Waals surface area contributed by atoms with Crippen LogP contribution < -0.4 is 0 Å². The fourth-order valence-corrected chi connectivity index (χ4v) is 8.20. The number of nitrogens with zero attached hydrogens (tertiary/aromatic N) is 1. The molecule has 1 aromatic heterocycles. The molecule has 1 aliphatic heterocycles. The van der Waals surface area contributed by atoms with E-state index in [1.165, 1.54) is 24.8 Å². The summed E-state index contributed by atoms with van der Waals surface area (Å²) in [6.07, 6.45) is 11.2. The van der Waals surface area contributed by atoms with Crippen LogP contribution >= 0.6 is 11.3 Å². The molecule has 2 N–H and O–H groups in total. The van der Waals surface area contributed by atoms with Gasteiger partial charge in [0.05, 0.1) is 16.6 Å². The first-order valence-corrected chi connectivity index (χ1v) is 15.5. The lowest BCUT2D eigenvalue weighted by Gasteiger charge is -2.46. The average Bonchev–Trinajstić information content (AvgIpc) is 3.43. The summed E-state index contributed by atoms with van der Waals surface area (Å²) in [5, 5.41) is 23.2. The molecule has 2 aromatic rings. The van der Waals surface area contributed by atoms with E-state index >= 15 is 0 Å². The highest BCUT2D eigenvalue weighted by molar-refractivity contribution is 7.14. The molecular formula is C33H45NO3S. The Labute approximate surface area is 232 Å². The fraction of sp³-hybridized carbons (Fsp3) is 0.606. The number of thiophene rings is 1. The van der Waals surface area contributed by atoms with E-state index in [-0.39, 0.29) is 17.1 Å². The minimum Gasteiger partial charge on any atom is -0.393 e. The summed E-state index contributed by atoms with van der Waals surface area (Å²) in [5.41, 5.74) is 3.04. The summed E-state index contributed by atoms with van der Waals surface area (Å²) in [7, 11) is 0. The predicted molar refractivity (Wildman–Crippen MR) is 156 cm³/mol. The van der Waals surface area contributed by atoms with E-state index in [9.17, 15) is 15.0 Å². The molecule has 0 spiro atoms. The first-order valence-electron chi connectivity index (χ1n) is 14.7. The molecule has 1 aromatic carbocycles. The van der Waals surface area contributed by atoms with E-state index < -0.39 is 11.7 Å². The SMILES string of the molecule is CC1=CCC[C@@]2(C)[C@@H](CC[C@@]2(O)CN2CCCCC2)c2ccc(cc2C(=O)c2ccc(C)s2)C[C@@H](O)CC1. The monoisotopic (exact) mass is 535 g/mol. The molecule has 0 radical (unpaired) electrons. The molecular weight excluding hydrogens is 490 g/mol. The van der Waals surface area contributed by atoms with E-state index in [0.29, 0.717) is 6.42 Å². The second kappa shape index (κ2) is 11.4. The van der Waals surface area contributed by atoms with Crippen LogP contribution in [0.25, 0.3) is 0 Å². The number of aliphatic hydroxyl groups is 2. The maximum absolute atomic E-state index is 14.0. The van der Waals surface area contributed by atoms with Crippen molar-refractivity contribution >= 4 is 17.1 Å². The summed E-state index contributed by atoms with van der Waals surface area (Å²) in [6.45, 7) is 9.37. The van der Waals surface area contributed by atoms with Gasteiger partial charge in [0, 0.05) is 22.4 Å². The van der Waals surface area contributed by atoms with Crippen LogP contribution in [-0.4, -0.2) is 52.2 Å². The zero-order chi connectivity index (χ0) is 26.9. The maximum Gasteiger partial charge on any atom is 0.203 e. The molecule has 4 aliphatic rings. The highest BCUT2D eigenvalue weighted by Gasteiger charge is 2.57. The number of β-amino-alcohol motifs (C(OH)–C–C–N with tert-alkyl or cyclic N) is 1.